The van der Waals surface area contributed by atoms with Gasteiger partial charge in [-0.3, -0.25) is 4.79 Å². The first-order chi connectivity index (χ1) is 14.5. The van der Waals surface area contributed by atoms with E-state index >= 15 is 0 Å². The van der Waals surface area contributed by atoms with E-state index in [-0.39, 0.29) is 11.9 Å². The number of nitrogens with two attached hydrogens (primary N) is 1. The van der Waals surface area contributed by atoms with Crippen LogP contribution in [-0.2, 0) is 23.7 Å². The Morgan fingerprint density at radius 2 is 1.83 bits per heavy atom. The molecule has 178 valence electrons. The molecule has 4 unspecified atom stereocenters. The Morgan fingerprint density at radius 3 is 2.60 bits per heavy atom. The number of ether oxygens (including phenoxy) is 4. The maximum absolute atomic E-state index is 11.8. The lowest BCUT2D eigenvalue weighted by atomic mass is 10.0. The lowest BCUT2D eigenvalue weighted by molar-refractivity contribution is -0.154. The minimum atomic E-state index is -0.871. The van der Waals surface area contributed by atoms with Gasteiger partial charge in [-0.1, -0.05) is 19.8 Å². The van der Waals surface area contributed by atoms with E-state index < -0.39 is 18.3 Å². The highest BCUT2D eigenvalue weighted by Gasteiger charge is 2.31. The Balaban J connectivity index is 1.84. The quantitative estimate of drug-likeness (QED) is 0.227. The van der Waals surface area contributed by atoms with Gasteiger partial charge >= 0.3 is 0 Å². The number of aliphatic hydroxyl groups is 2. The Kier molecular flexibility index (Phi) is 16.2. The molecule has 9 nitrogen and oxygen atoms in total. The second-order valence-corrected chi connectivity index (χ2v) is 7.75. The summed E-state index contributed by atoms with van der Waals surface area (Å²) in [6, 6.07) is -0.157. The molecule has 1 heterocycles. The molecule has 5 N–H and O–H groups in total. The second kappa shape index (κ2) is 17.8. The van der Waals surface area contributed by atoms with Crippen LogP contribution in [0.2, 0.25) is 0 Å². The van der Waals surface area contributed by atoms with Crippen LogP contribution < -0.4 is 11.1 Å². The smallest absolute Gasteiger partial charge is 0.222 e. The molecule has 30 heavy (non-hydrogen) atoms. The number of carbonyl (C=O) groups is 1. The summed E-state index contributed by atoms with van der Waals surface area (Å²) >= 11 is 0. The molecule has 0 bridgehead atoms. The molecule has 0 aromatic heterocycles. The summed E-state index contributed by atoms with van der Waals surface area (Å²) in [5, 5.41) is 22.3. The average molecular weight is 435 g/mol. The van der Waals surface area contributed by atoms with Crippen molar-refractivity contribution in [3.63, 3.8) is 0 Å². The maximum atomic E-state index is 11.8. The van der Waals surface area contributed by atoms with Gasteiger partial charge in [0.15, 0.2) is 0 Å². The largest absolute Gasteiger partial charge is 0.390 e. The number of aliphatic hydroxyl groups excluding tert-OH is 2. The second-order valence-electron chi connectivity index (χ2n) is 7.75. The highest BCUT2D eigenvalue weighted by atomic mass is 16.5. The summed E-state index contributed by atoms with van der Waals surface area (Å²) in [6.07, 6.45) is 3.57. The van der Waals surface area contributed by atoms with E-state index in [1.54, 1.807) is 0 Å². The molecule has 0 radical (unpaired) electrons. The fourth-order valence-electron chi connectivity index (χ4n) is 3.03. The number of rotatable bonds is 18. The molecule has 0 saturated carbocycles. The number of hydrogen-bond acceptors (Lipinski definition) is 8. The van der Waals surface area contributed by atoms with Crippen LogP contribution in [0.15, 0.2) is 0 Å². The predicted octanol–water partition coefficient (Wildman–Crippen LogP) is 0.351. The Morgan fingerprint density at radius 1 is 1.10 bits per heavy atom. The van der Waals surface area contributed by atoms with Gasteiger partial charge in [0, 0.05) is 32.8 Å². The molecule has 1 saturated heterocycles. The van der Waals surface area contributed by atoms with E-state index in [1.807, 2.05) is 6.92 Å². The van der Waals surface area contributed by atoms with Gasteiger partial charge in [-0.25, -0.2) is 0 Å². The van der Waals surface area contributed by atoms with Gasteiger partial charge in [0.2, 0.25) is 5.91 Å². The molecule has 4 atom stereocenters. The summed E-state index contributed by atoms with van der Waals surface area (Å²) in [7, 11) is 0. The monoisotopic (exact) mass is 434 g/mol. The average Bonchev–Trinajstić information content (AvgIpc) is 2.73. The van der Waals surface area contributed by atoms with Crippen LogP contribution in [0.1, 0.15) is 51.9 Å². The van der Waals surface area contributed by atoms with Crippen LogP contribution in [0.4, 0.5) is 0 Å². The Labute approximate surface area is 180 Å². The first-order valence-corrected chi connectivity index (χ1v) is 11.3. The zero-order valence-corrected chi connectivity index (χ0v) is 18.4. The highest BCUT2D eigenvalue weighted by molar-refractivity contribution is 5.75. The third-order valence-corrected chi connectivity index (χ3v) is 4.83. The van der Waals surface area contributed by atoms with Crippen molar-refractivity contribution in [2.24, 2.45) is 5.73 Å². The molecule has 0 spiro atoms. The molecule has 1 fully saturated rings. The number of amides is 1. The van der Waals surface area contributed by atoms with Gasteiger partial charge in [0.05, 0.1) is 38.6 Å². The van der Waals surface area contributed by atoms with Gasteiger partial charge in [0.25, 0.3) is 0 Å². The summed E-state index contributed by atoms with van der Waals surface area (Å²) in [6.45, 7) is 5.98. The highest BCUT2D eigenvalue weighted by Crippen LogP contribution is 2.15. The van der Waals surface area contributed by atoms with Crippen LogP contribution in [-0.4, -0.2) is 93.3 Å². The summed E-state index contributed by atoms with van der Waals surface area (Å²) in [5.41, 5.74) is 5.85. The maximum Gasteiger partial charge on any atom is 0.222 e. The first kappa shape index (κ1) is 27.2. The zero-order chi connectivity index (χ0) is 22.0. The summed E-state index contributed by atoms with van der Waals surface area (Å²) < 4.78 is 21.7. The molecule has 1 amide bonds. The predicted molar refractivity (Wildman–Crippen MR) is 113 cm³/mol. The number of unbranched alkanes of at least 4 members (excludes halogenated alkanes) is 3. The Bertz CT molecular complexity index is 428. The van der Waals surface area contributed by atoms with Crippen LogP contribution in [0, 0.1) is 0 Å². The van der Waals surface area contributed by atoms with E-state index in [0.29, 0.717) is 65.6 Å². The normalized spacial score (nSPS) is 22.7. The molecule has 0 aromatic carbocycles. The molecular formula is C21H42N2O7. The van der Waals surface area contributed by atoms with Crippen molar-refractivity contribution < 1.29 is 34.0 Å². The van der Waals surface area contributed by atoms with Gasteiger partial charge < -0.3 is 40.2 Å². The van der Waals surface area contributed by atoms with E-state index in [1.165, 1.54) is 0 Å². The van der Waals surface area contributed by atoms with Crippen molar-refractivity contribution in [1.82, 2.24) is 5.32 Å². The summed E-state index contributed by atoms with van der Waals surface area (Å²) in [5.74, 6) is -0.0117. The van der Waals surface area contributed by atoms with E-state index in [9.17, 15) is 15.0 Å². The van der Waals surface area contributed by atoms with Gasteiger partial charge in [-0.15, -0.1) is 0 Å². The van der Waals surface area contributed by atoms with Crippen LogP contribution in [0.5, 0.6) is 0 Å². The standard InChI is InChI=1S/C21H42N2O7/c1-2-10-27-14-17(22)15-29-12-8-20(25)23-9-5-3-4-6-11-28-16-19-21(26)18(24)7-13-30-19/h17-19,21,24,26H,2-16,22H2,1H3,(H,23,25). The molecule has 9 heteroatoms. The van der Waals surface area contributed by atoms with Gasteiger partial charge in [0.1, 0.15) is 12.2 Å². The molecule has 0 aliphatic carbocycles. The SMILES string of the molecule is CCCOCC(N)COCCC(=O)NCCCCCCOCC1OCCC(O)C1O. The zero-order valence-electron chi connectivity index (χ0n) is 18.4. The first-order valence-electron chi connectivity index (χ1n) is 11.3. The third kappa shape index (κ3) is 13.5. The minimum absolute atomic E-state index is 0.0117. The van der Waals surface area contributed by atoms with Crippen molar-refractivity contribution in [2.75, 3.05) is 52.8 Å². The number of hydrogen-bond donors (Lipinski definition) is 4. The Hall–Kier alpha value is -0.810. The third-order valence-electron chi connectivity index (χ3n) is 4.83. The van der Waals surface area contributed by atoms with Crippen molar-refractivity contribution in [1.29, 1.82) is 0 Å². The van der Waals surface area contributed by atoms with E-state index in [0.717, 1.165) is 32.1 Å². The fourth-order valence-corrected chi connectivity index (χ4v) is 3.03. The lowest BCUT2D eigenvalue weighted by Gasteiger charge is -2.31. The van der Waals surface area contributed by atoms with Crippen LogP contribution in [0.25, 0.3) is 0 Å². The van der Waals surface area contributed by atoms with Gasteiger partial charge in [-0.05, 0) is 25.7 Å². The molecule has 1 aliphatic heterocycles. The molecule has 1 rings (SSSR count). The molecular weight excluding hydrogens is 392 g/mol. The molecule has 0 aromatic rings. The van der Waals surface area contributed by atoms with Gasteiger partial charge in [-0.2, -0.15) is 0 Å². The topological polar surface area (TPSA) is 132 Å². The molecule has 1 aliphatic rings. The number of carbonyl (C=O) groups excluding carboxylic acids is 1. The van der Waals surface area contributed by atoms with Crippen molar-refractivity contribution in [3.8, 4) is 0 Å². The summed E-state index contributed by atoms with van der Waals surface area (Å²) in [4.78, 5) is 11.8. The number of nitrogens with one attached hydrogen (secondary N) is 1. The van der Waals surface area contributed by atoms with Crippen LogP contribution in [0.3, 0.4) is 0 Å². The van der Waals surface area contributed by atoms with Crippen LogP contribution >= 0.6 is 0 Å². The van der Waals surface area contributed by atoms with Crippen molar-refractivity contribution in [2.45, 2.75) is 76.2 Å². The van der Waals surface area contributed by atoms with Crippen molar-refractivity contribution in [3.05, 3.63) is 0 Å². The fraction of sp³-hybridized carbons (Fsp3) is 0.952. The van der Waals surface area contributed by atoms with E-state index in [2.05, 4.69) is 5.32 Å². The van der Waals surface area contributed by atoms with Crippen molar-refractivity contribution >= 4 is 5.91 Å². The lowest BCUT2D eigenvalue weighted by Crippen LogP contribution is -2.46. The van der Waals surface area contributed by atoms with E-state index in [4.69, 9.17) is 24.7 Å². The minimum Gasteiger partial charge on any atom is -0.390 e.